The van der Waals surface area contributed by atoms with Crippen molar-refractivity contribution in [1.29, 1.82) is 0 Å². The van der Waals surface area contributed by atoms with Crippen LogP contribution in [0.2, 0.25) is 0 Å². The van der Waals surface area contributed by atoms with E-state index in [1.54, 1.807) is 0 Å². The molecule has 1 aliphatic carbocycles. The third-order valence-corrected chi connectivity index (χ3v) is 5.24. The summed E-state index contributed by atoms with van der Waals surface area (Å²) in [7, 11) is 0. The van der Waals surface area contributed by atoms with Crippen molar-refractivity contribution in [3.63, 3.8) is 0 Å². The van der Waals surface area contributed by atoms with Crippen LogP contribution < -0.4 is 5.32 Å². The monoisotopic (exact) mass is 269 g/mol. The number of nitrogens with one attached hydrogen (secondary N) is 1. The van der Waals surface area contributed by atoms with Crippen LogP contribution in [0.1, 0.15) is 59.3 Å². The lowest BCUT2D eigenvalue weighted by Crippen LogP contribution is -2.62. The molecule has 4 unspecified atom stereocenters. The van der Waals surface area contributed by atoms with Gasteiger partial charge >= 0.3 is 0 Å². The molecule has 3 nitrogen and oxygen atoms in total. The summed E-state index contributed by atoms with van der Waals surface area (Å²) >= 11 is 0. The molecule has 19 heavy (non-hydrogen) atoms. The van der Waals surface area contributed by atoms with Gasteiger partial charge in [0.05, 0.1) is 12.2 Å². The van der Waals surface area contributed by atoms with E-state index in [0.717, 1.165) is 26.2 Å². The van der Waals surface area contributed by atoms with Gasteiger partial charge in [-0.05, 0) is 52.0 Å². The molecule has 0 radical (unpaired) electrons. The van der Waals surface area contributed by atoms with E-state index in [1.165, 1.54) is 32.1 Å². The summed E-state index contributed by atoms with van der Waals surface area (Å²) in [5, 5.41) is 3.74. The van der Waals surface area contributed by atoms with Crippen molar-refractivity contribution >= 4 is 0 Å². The second kappa shape index (κ2) is 7.05. The molecule has 2 aliphatic rings. The van der Waals surface area contributed by atoms with Crippen molar-refractivity contribution in [2.75, 3.05) is 19.8 Å². The lowest BCUT2D eigenvalue weighted by Gasteiger charge is -2.54. The average Bonchev–Trinajstić information content (AvgIpc) is 2.45. The van der Waals surface area contributed by atoms with E-state index in [9.17, 15) is 0 Å². The highest BCUT2D eigenvalue weighted by molar-refractivity contribution is 5.04. The maximum atomic E-state index is 5.85. The Labute approximate surface area is 118 Å². The summed E-state index contributed by atoms with van der Waals surface area (Å²) in [5.74, 6) is 0. The predicted octanol–water partition coefficient (Wildman–Crippen LogP) is 3.13. The van der Waals surface area contributed by atoms with E-state index in [-0.39, 0.29) is 0 Å². The third kappa shape index (κ3) is 3.50. The number of rotatable bonds is 7. The number of hydrogen-bond acceptors (Lipinski definition) is 3. The molecule has 0 spiro atoms. The molecule has 0 aromatic rings. The van der Waals surface area contributed by atoms with Crippen LogP contribution >= 0.6 is 0 Å². The first kappa shape index (κ1) is 15.3. The SMILES string of the molecule is CCOC1CC(NCCC2CCCCO2)C1(C)CC. The molecule has 1 saturated carbocycles. The first-order valence-corrected chi connectivity index (χ1v) is 8.17. The van der Waals surface area contributed by atoms with Gasteiger partial charge < -0.3 is 14.8 Å². The summed E-state index contributed by atoms with van der Waals surface area (Å²) in [6.45, 7) is 9.63. The molecule has 0 aromatic carbocycles. The first-order chi connectivity index (χ1) is 9.20. The van der Waals surface area contributed by atoms with Crippen LogP contribution in [-0.2, 0) is 9.47 Å². The van der Waals surface area contributed by atoms with Crippen molar-refractivity contribution in [2.24, 2.45) is 5.41 Å². The normalized spacial score (nSPS) is 39.0. The van der Waals surface area contributed by atoms with E-state index in [2.05, 4.69) is 26.1 Å². The van der Waals surface area contributed by atoms with Gasteiger partial charge in [-0.15, -0.1) is 0 Å². The largest absolute Gasteiger partial charge is 0.378 e. The smallest absolute Gasteiger partial charge is 0.0658 e. The summed E-state index contributed by atoms with van der Waals surface area (Å²) in [6.07, 6.45) is 8.31. The highest BCUT2D eigenvalue weighted by Gasteiger charge is 2.50. The Balaban J connectivity index is 1.68. The molecule has 2 fully saturated rings. The highest BCUT2D eigenvalue weighted by atomic mass is 16.5. The standard InChI is InChI=1S/C16H31NO2/c1-4-16(3)14(12-15(16)18-5-2)17-10-9-13-8-6-7-11-19-13/h13-15,17H,4-12H2,1-3H3. The van der Waals surface area contributed by atoms with E-state index in [4.69, 9.17) is 9.47 Å². The summed E-state index contributed by atoms with van der Waals surface area (Å²) in [6, 6.07) is 0.623. The number of ether oxygens (including phenoxy) is 2. The second-order valence-corrected chi connectivity index (χ2v) is 6.32. The van der Waals surface area contributed by atoms with Crippen LogP contribution in [0.4, 0.5) is 0 Å². The van der Waals surface area contributed by atoms with Gasteiger partial charge in [0.2, 0.25) is 0 Å². The molecule has 1 aliphatic heterocycles. The van der Waals surface area contributed by atoms with Gasteiger partial charge in [0.25, 0.3) is 0 Å². The van der Waals surface area contributed by atoms with E-state index < -0.39 is 0 Å². The minimum Gasteiger partial charge on any atom is -0.378 e. The van der Waals surface area contributed by atoms with Gasteiger partial charge in [-0.1, -0.05) is 13.8 Å². The minimum atomic E-state index is 0.323. The van der Waals surface area contributed by atoms with Crippen molar-refractivity contribution < 1.29 is 9.47 Å². The van der Waals surface area contributed by atoms with E-state index in [0.29, 0.717) is 23.7 Å². The molecular weight excluding hydrogens is 238 g/mol. The van der Waals surface area contributed by atoms with Crippen LogP contribution in [-0.4, -0.2) is 38.0 Å². The Morgan fingerprint density at radius 3 is 2.79 bits per heavy atom. The van der Waals surface area contributed by atoms with Gasteiger partial charge in [-0.25, -0.2) is 0 Å². The maximum Gasteiger partial charge on any atom is 0.0658 e. The number of hydrogen-bond donors (Lipinski definition) is 1. The molecule has 1 N–H and O–H groups in total. The van der Waals surface area contributed by atoms with Crippen molar-refractivity contribution in [1.82, 2.24) is 5.32 Å². The fraction of sp³-hybridized carbons (Fsp3) is 1.00. The third-order valence-electron chi connectivity index (χ3n) is 5.24. The summed E-state index contributed by atoms with van der Waals surface area (Å²) in [4.78, 5) is 0. The maximum absolute atomic E-state index is 5.85. The molecule has 0 bridgehead atoms. The van der Waals surface area contributed by atoms with Crippen molar-refractivity contribution in [3.05, 3.63) is 0 Å². The van der Waals surface area contributed by atoms with E-state index >= 15 is 0 Å². The van der Waals surface area contributed by atoms with Crippen LogP contribution in [0.3, 0.4) is 0 Å². The van der Waals surface area contributed by atoms with Crippen LogP contribution in [0.25, 0.3) is 0 Å². The zero-order valence-electron chi connectivity index (χ0n) is 12.9. The van der Waals surface area contributed by atoms with Crippen LogP contribution in [0.5, 0.6) is 0 Å². The van der Waals surface area contributed by atoms with Gasteiger partial charge in [-0.3, -0.25) is 0 Å². The molecule has 0 amide bonds. The lowest BCUT2D eigenvalue weighted by molar-refractivity contribution is -0.126. The fourth-order valence-electron chi connectivity index (χ4n) is 3.52. The Morgan fingerprint density at radius 2 is 2.16 bits per heavy atom. The molecule has 0 aromatic heterocycles. The molecule has 4 atom stereocenters. The van der Waals surface area contributed by atoms with Crippen LogP contribution in [0.15, 0.2) is 0 Å². The van der Waals surface area contributed by atoms with Gasteiger partial charge in [-0.2, -0.15) is 0 Å². The second-order valence-electron chi connectivity index (χ2n) is 6.32. The van der Waals surface area contributed by atoms with E-state index in [1.807, 2.05) is 0 Å². The van der Waals surface area contributed by atoms with Gasteiger partial charge in [0, 0.05) is 24.7 Å². The zero-order valence-corrected chi connectivity index (χ0v) is 12.9. The molecule has 112 valence electrons. The highest BCUT2D eigenvalue weighted by Crippen LogP contribution is 2.45. The molecule has 3 heteroatoms. The Bertz CT molecular complexity index is 265. The van der Waals surface area contributed by atoms with Gasteiger partial charge in [0.1, 0.15) is 0 Å². The topological polar surface area (TPSA) is 30.5 Å². The molecular formula is C16H31NO2. The quantitative estimate of drug-likeness (QED) is 0.770. The first-order valence-electron chi connectivity index (χ1n) is 8.17. The minimum absolute atomic E-state index is 0.323. The van der Waals surface area contributed by atoms with Crippen LogP contribution in [0, 0.1) is 5.41 Å². The summed E-state index contributed by atoms with van der Waals surface area (Å²) in [5.41, 5.74) is 0.323. The Hall–Kier alpha value is -0.120. The average molecular weight is 269 g/mol. The predicted molar refractivity (Wildman–Crippen MR) is 78.4 cm³/mol. The zero-order chi connectivity index (χ0) is 13.7. The Kier molecular flexibility index (Phi) is 5.67. The van der Waals surface area contributed by atoms with Gasteiger partial charge in [0.15, 0.2) is 0 Å². The molecule has 2 rings (SSSR count). The molecule has 1 saturated heterocycles. The summed E-state index contributed by atoms with van der Waals surface area (Å²) < 4.78 is 11.6. The lowest BCUT2D eigenvalue weighted by atomic mass is 9.61. The van der Waals surface area contributed by atoms with Crippen molar-refractivity contribution in [3.8, 4) is 0 Å². The Morgan fingerprint density at radius 1 is 1.32 bits per heavy atom. The fourth-order valence-corrected chi connectivity index (χ4v) is 3.52. The molecule has 1 heterocycles. The van der Waals surface area contributed by atoms with Crippen molar-refractivity contribution in [2.45, 2.75) is 77.5 Å².